The second-order valence-corrected chi connectivity index (χ2v) is 5.52. The van der Waals surface area contributed by atoms with E-state index in [9.17, 15) is 21.0 Å². The van der Waals surface area contributed by atoms with E-state index in [2.05, 4.69) is 17.9 Å². The van der Waals surface area contributed by atoms with Crippen LogP contribution in [0.15, 0.2) is 4.40 Å². The Hall–Kier alpha value is -3.22. The highest BCUT2D eigenvalue weighted by Gasteiger charge is 2.40. The number of nitrogens with zero attached hydrogens (tertiary/aromatic N) is 7. The van der Waals surface area contributed by atoms with E-state index < -0.39 is 5.60 Å². The van der Waals surface area contributed by atoms with E-state index in [1.54, 1.807) is 0 Å². The Morgan fingerprint density at radius 1 is 1.12 bits per heavy atom. The normalized spacial score (nSPS) is 12.0. The first-order valence-corrected chi connectivity index (χ1v) is 7.68. The minimum atomic E-state index is -1.93. The summed E-state index contributed by atoms with van der Waals surface area (Å²) < 4.78 is 20.5. The smallest absolute Gasteiger partial charge is 0.271 e. The van der Waals surface area contributed by atoms with Crippen LogP contribution in [0.4, 0.5) is 5.69 Å². The minimum Gasteiger partial charge on any atom is -0.348 e. The van der Waals surface area contributed by atoms with Crippen LogP contribution in [-0.4, -0.2) is 15.9 Å². The number of fused-ring (bicyclic) bond motifs is 2. The van der Waals surface area contributed by atoms with Crippen molar-refractivity contribution >= 4 is 46.2 Å². The summed E-state index contributed by atoms with van der Waals surface area (Å²) in [5.41, 5.74) is -1.19. The van der Waals surface area contributed by atoms with Crippen molar-refractivity contribution in [2.24, 2.45) is 4.40 Å². The Kier molecular flexibility index (Phi) is 3.76. The lowest BCUT2D eigenvalue weighted by Gasteiger charge is -2.19. The van der Waals surface area contributed by atoms with E-state index in [0.717, 1.165) is 23.9 Å². The average Bonchev–Trinajstić information content (AvgIpc) is 3.28. The van der Waals surface area contributed by atoms with Crippen LogP contribution >= 0.6 is 23.9 Å². The van der Waals surface area contributed by atoms with Gasteiger partial charge in [0.05, 0.1) is 40.3 Å². The lowest BCUT2D eigenvalue weighted by atomic mass is 9.92. The number of hydrogen-bond donors (Lipinski definition) is 1. The van der Waals surface area contributed by atoms with Gasteiger partial charge in [-0.2, -0.15) is 34.2 Å². The lowest BCUT2D eigenvalue weighted by Crippen LogP contribution is -2.34. The molecule has 0 radical (unpaired) electrons. The zero-order valence-electron chi connectivity index (χ0n) is 11.9. The Morgan fingerprint density at radius 3 is 2.38 bits per heavy atom. The van der Waals surface area contributed by atoms with E-state index in [4.69, 9.17) is 4.74 Å². The summed E-state index contributed by atoms with van der Waals surface area (Å²) in [6.07, 6.45) is 0. The topological polar surface area (TPSA) is 155 Å². The van der Waals surface area contributed by atoms with Gasteiger partial charge in [0.2, 0.25) is 0 Å². The van der Waals surface area contributed by atoms with Crippen molar-refractivity contribution < 1.29 is 4.74 Å². The SMILES string of the molecule is COC(C#N)(C#N)c1c2c(c(=C(C#N)C#N)c3nsnc13)=NSN2. The van der Waals surface area contributed by atoms with E-state index in [1.165, 1.54) is 7.11 Å². The monoisotopic (exact) mass is 352 g/mol. The number of hydrogen-bond acceptors (Lipinski definition) is 11. The first-order valence-electron chi connectivity index (χ1n) is 6.18. The molecule has 1 aromatic heterocycles. The van der Waals surface area contributed by atoms with Crippen molar-refractivity contribution in [1.82, 2.24) is 8.75 Å². The van der Waals surface area contributed by atoms with Crippen LogP contribution in [0.2, 0.25) is 0 Å². The summed E-state index contributed by atoms with van der Waals surface area (Å²) in [5, 5.41) is 38.0. The maximum Gasteiger partial charge on any atom is 0.271 e. The molecule has 2 aromatic rings. The van der Waals surface area contributed by atoms with Crippen LogP contribution in [0.1, 0.15) is 5.56 Å². The van der Waals surface area contributed by atoms with E-state index in [-0.39, 0.29) is 32.7 Å². The predicted octanol–water partition coefficient (Wildman–Crippen LogP) is 0.386. The highest BCUT2D eigenvalue weighted by molar-refractivity contribution is 7.99. The molecule has 1 N–H and O–H groups in total. The molecular formula is C13H4N8OS2. The number of benzene rings is 1. The molecule has 0 saturated heterocycles. The molecule has 9 nitrogen and oxygen atoms in total. The fourth-order valence-electron chi connectivity index (χ4n) is 2.34. The fourth-order valence-corrected chi connectivity index (χ4v) is 3.51. The van der Waals surface area contributed by atoms with Gasteiger partial charge in [0.15, 0.2) is 0 Å². The van der Waals surface area contributed by atoms with Gasteiger partial charge in [-0.3, -0.25) is 0 Å². The van der Waals surface area contributed by atoms with Gasteiger partial charge in [0.1, 0.15) is 46.2 Å². The van der Waals surface area contributed by atoms with Crippen molar-refractivity contribution in [2.45, 2.75) is 5.60 Å². The second-order valence-electron chi connectivity index (χ2n) is 4.43. The number of rotatable bonds is 2. The average molecular weight is 352 g/mol. The van der Waals surface area contributed by atoms with Crippen molar-refractivity contribution in [3.05, 3.63) is 16.1 Å². The van der Waals surface area contributed by atoms with Crippen molar-refractivity contribution in [2.75, 3.05) is 11.8 Å². The molecule has 0 atom stereocenters. The number of nitrogens with one attached hydrogen (secondary N) is 1. The summed E-state index contributed by atoms with van der Waals surface area (Å²) in [7, 11) is 1.24. The third-order valence-electron chi connectivity index (χ3n) is 3.42. The molecule has 0 amide bonds. The molecule has 2 heterocycles. The van der Waals surface area contributed by atoms with Crippen LogP contribution in [0.3, 0.4) is 0 Å². The van der Waals surface area contributed by atoms with Crippen molar-refractivity contribution in [3.8, 4) is 24.3 Å². The van der Waals surface area contributed by atoms with Crippen LogP contribution < -0.4 is 15.3 Å². The lowest BCUT2D eigenvalue weighted by molar-refractivity contribution is 0.0876. The molecule has 0 fully saturated rings. The van der Waals surface area contributed by atoms with Crippen LogP contribution in [-0.2, 0) is 10.3 Å². The van der Waals surface area contributed by atoms with Crippen LogP contribution in [0, 0.1) is 45.3 Å². The molecule has 0 saturated carbocycles. The van der Waals surface area contributed by atoms with Gasteiger partial charge in [-0.15, -0.1) is 0 Å². The molecular weight excluding hydrogens is 348 g/mol. The Bertz CT molecular complexity index is 1120. The third-order valence-corrected chi connectivity index (χ3v) is 4.51. The van der Waals surface area contributed by atoms with Gasteiger partial charge in [0.25, 0.3) is 5.60 Å². The molecule has 11 heteroatoms. The fraction of sp³-hybridized carbons (Fsp3) is 0.154. The number of anilines is 1. The van der Waals surface area contributed by atoms with Crippen molar-refractivity contribution in [1.29, 1.82) is 21.0 Å². The first-order chi connectivity index (χ1) is 11.7. The van der Waals surface area contributed by atoms with E-state index in [1.807, 2.05) is 24.3 Å². The quantitative estimate of drug-likeness (QED) is 0.755. The van der Waals surface area contributed by atoms with Gasteiger partial charge < -0.3 is 9.46 Å². The summed E-state index contributed by atoms with van der Waals surface area (Å²) in [5.74, 6) is 0. The minimum absolute atomic E-state index is 0.168. The van der Waals surface area contributed by atoms with E-state index in [0.29, 0.717) is 5.69 Å². The summed E-state index contributed by atoms with van der Waals surface area (Å²) in [6, 6.07) is 7.32. The van der Waals surface area contributed by atoms with Gasteiger partial charge >= 0.3 is 0 Å². The molecule has 0 spiro atoms. The molecule has 24 heavy (non-hydrogen) atoms. The Labute approximate surface area is 143 Å². The predicted molar refractivity (Wildman–Crippen MR) is 84.0 cm³/mol. The van der Waals surface area contributed by atoms with Gasteiger partial charge in [-0.05, 0) is 0 Å². The summed E-state index contributed by atoms with van der Waals surface area (Å²) in [4.78, 5) is 0. The van der Waals surface area contributed by atoms with Crippen molar-refractivity contribution in [3.63, 3.8) is 0 Å². The first kappa shape index (κ1) is 15.7. The molecule has 0 aliphatic carbocycles. The largest absolute Gasteiger partial charge is 0.348 e. The summed E-state index contributed by atoms with van der Waals surface area (Å²) in [6.45, 7) is 0. The highest BCUT2D eigenvalue weighted by Crippen LogP contribution is 2.35. The third kappa shape index (κ3) is 1.91. The Balaban J connectivity index is 2.68. The van der Waals surface area contributed by atoms with E-state index >= 15 is 0 Å². The van der Waals surface area contributed by atoms with Crippen LogP contribution in [0.25, 0.3) is 16.6 Å². The maximum atomic E-state index is 9.51. The molecule has 1 aliphatic rings. The highest BCUT2D eigenvalue weighted by atomic mass is 32.2. The molecule has 3 rings (SSSR count). The second kappa shape index (κ2) is 5.77. The Morgan fingerprint density at radius 2 is 1.79 bits per heavy atom. The standard InChI is InChI=1S/C13H4N8OS2/c1-22-13(4-16,5-17)8-11-9(18-23-20-11)7(6(2-14)3-15)10-12(8)21-24-19-10/h20H,1H3. The zero-order valence-corrected chi connectivity index (χ0v) is 13.5. The number of ether oxygens (including phenoxy) is 1. The summed E-state index contributed by atoms with van der Waals surface area (Å²) >= 11 is 1.78. The molecule has 0 bridgehead atoms. The molecule has 1 aliphatic heterocycles. The number of aromatic nitrogens is 2. The molecule has 1 aromatic carbocycles. The number of methoxy groups -OCH3 is 1. The molecule has 0 unspecified atom stereocenters. The van der Waals surface area contributed by atoms with Gasteiger partial charge in [-0.25, -0.2) is 0 Å². The number of nitriles is 4. The maximum absolute atomic E-state index is 9.51. The van der Waals surface area contributed by atoms with Gasteiger partial charge in [0, 0.05) is 7.11 Å². The van der Waals surface area contributed by atoms with Gasteiger partial charge in [-0.1, -0.05) is 0 Å². The zero-order chi connectivity index (χ0) is 17.3. The van der Waals surface area contributed by atoms with Crippen LogP contribution in [0.5, 0.6) is 0 Å². The molecule has 114 valence electrons.